The molecule has 3 heterocycles. The van der Waals surface area contributed by atoms with Crippen molar-refractivity contribution < 1.29 is 9.47 Å². The van der Waals surface area contributed by atoms with Gasteiger partial charge in [0, 0.05) is 29.7 Å². The van der Waals surface area contributed by atoms with Gasteiger partial charge in [-0.2, -0.15) is 0 Å². The Hall–Kier alpha value is -1.36. The van der Waals surface area contributed by atoms with Crippen LogP contribution in [-0.4, -0.2) is 55.0 Å². The second kappa shape index (κ2) is 6.63. The second-order valence-electron chi connectivity index (χ2n) is 6.70. The normalized spacial score (nSPS) is 21.9. The van der Waals surface area contributed by atoms with E-state index in [0.717, 1.165) is 45.9 Å². The average molecular weight is 314 g/mol. The van der Waals surface area contributed by atoms with Crippen LogP contribution in [0.2, 0.25) is 0 Å². The zero-order valence-electron chi connectivity index (χ0n) is 14.0. The molecule has 0 bridgehead atoms. The third-order valence-electron chi connectivity index (χ3n) is 5.15. The molecule has 0 radical (unpaired) electrons. The Bertz CT molecular complexity index is 669. The van der Waals surface area contributed by atoms with E-state index in [0.29, 0.717) is 6.10 Å². The first-order chi connectivity index (χ1) is 11.3. The quantitative estimate of drug-likeness (QED) is 0.768. The van der Waals surface area contributed by atoms with Gasteiger partial charge >= 0.3 is 0 Å². The number of nitrogens with zero attached hydrogens (tertiary/aromatic N) is 2. The van der Waals surface area contributed by atoms with Crippen molar-refractivity contribution >= 4 is 10.9 Å². The lowest BCUT2D eigenvalue weighted by atomic mass is 10.1. The Morgan fingerprint density at radius 2 is 1.96 bits per heavy atom. The van der Waals surface area contributed by atoms with E-state index < -0.39 is 0 Å². The number of benzene rings is 1. The van der Waals surface area contributed by atoms with Gasteiger partial charge in [0.25, 0.3) is 0 Å². The minimum atomic E-state index is 0.422. The fraction of sp³-hybridized carbons (Fsp3) is 0.579. The van der Waals surface area contributed by atoms with Gasteiger partial charge < -0.3 is 14.0 Å². The minimum absolute atomic E-state index is 0.422. The van der Waals surface area contributed by atoms with Crippen LogP contribution in [0.1, 0.15) is 17.7 Å². The molecular weight excluding hydrogens is 288 g/mol. The number of fused-ring (bicyclic) bond motifs is 1. The van der Waals surface area contributed by atoms with Gasteiger partial charge in [0.05, 0.1) is 32.5 Å². The Labute approximate surface area is 138 Å². The Morgan fingerprint density at radius 3 is 2.74 bits per heavy atom. The van der Waals surface area contributed by atoms with E-state index >= 15 is 0 Å². The van der Waals surface area contributed by atoms with Crippen LogP contribution >= 0.6 is 0 Å². The lowest BCUT2D eigenvalue weighted by Gasteiger charge is -2.26. The summed E-state index contributed by atoms with van der Waals surface area (Å²) < 4.78 is 13.3. The molecule has 2 aromatic rings. The van der Waals surface area contributed by atoms with Crippen LogP contribution in [0.3, 0.4) is 0 Å². The van der Waals surface area contributed by atoms with Crippen molar-refractivity contribution in [3.8, 4) is 0 Å². The van der Waals surface area contributed by atoms with Crippen LogP contribution in [-0.2, 0) is 22.4 Å². The number of aromatic nitrogens is 1. The standard InChI is InChI=1S/C19H26N2O2/c1-15-17(6-4-8-20-9-11-22-12-10-20)18-5-2-3-7-19(18)21(15)13-16-14-23-16/h2-3,5,7,16H,4,6,8-14H2,1H3. The zero-order chi connectivity index (χ0) is 15.6. The summed E-state index contributed by atoms with van der Waals surface area (Å²) in [5.74, 6) is 0. The van der Waals surface area contributed by atoms with Crippen molar-refractivity contribution in [1.29, 1.82) is 0 Å². The molecule has 1 atom stereocenters. The highest BCUT2D eigenvalue weighted by molar-refractivity contribution is 5.85. The summed E-state index contributed by atoms with van der Waals surface area (Å²) >= 11 is 0. The van der Waals surface area contributed by atoms with E-state index in [2.05, 4.69) is 40.7 Å². The van der Waals surface area contributed by atoms with Gasteiger partial charge in [-0.15, -0.1) is 0 Å². The number of para-hydroxylation sites is 1. The van der Waals surface area contributed by atoms with Crippen LogP contribution in [0, 0.1) is 6.92 Å². The first-order valence-electron chi connectivity index (χ1n) is 8.81. The zero-order valence-corrected chi connectivity index (χ0v) is 14.0. The molecule has 4 nitrogen and oxygen atoms in total. The van der Waals surface area contributed by atoms with Crippen LogP contribution in [0.5, 0.6) is 0 Å². The topological polar surface area (TPSA) is 29.9 Å². The number of rotatable bonds is 6. The second-order valence-corrected chi connectivity index (χ2v) is 6.70. The van der Waals surface area contributed by atoms with Gasteiger partial charge in [-0.25, -0.2) is 0 Å². The first kappa shape index (κ1) is 15.2. The number of epoxide rings is 1. The fourth-order valence-electron chi connectivity index (χ4n) is 3.73. The summed E-state index contributed by atoms with van der Waals surface area (Å²) in [5.41, 5.74) is 4.31. The van der Waals surface area contributed by atoms with E-state index in [4.69, 9.17) is 9.47 Å². The molecule has 2 aliphatic heterocycles. The molecule has 0 aliphatic carbocycles. The van der Waals surface area contributed by atoms with Gasteiger partial charge in [0.2, 0.25) is 0 Å². The highest BCUT2D eigenvalue weighted by Gasteiger charge is 2.25. The van der Waals surface area contributed by atoms with E-state index in [1.165, 1.54) is 35.1 Å². The summed E-state index contributed by atoms with van der Waals surface area (Å²) in [6.45, 7) is 9.30. The molecule has 1 aromatic carbocycles. The van der Waals surface area contributed by atoms with Crippen molar-refractivity contribution in [3.63, 3.8) is 0 Å². The number of morpholine rings is 1. The SMILES string of the molecule is Cc1c(CCCN2CCOCC2)c2ccccc2n1CC1CO1. The maximum absolute atomic E-state index is 5.45. The maximum Gasteiger partial charge on any atom is 0.0988 e. The molecule has 23 heavy (non-hydrogen) atoms. The largest absolute Gasteiger partial charge is 0.379 e. The van der Waals surface area contributed by atoms with E-state index in [9.17, 15) is 0 Å². The molecule has 2 fully saturated rings. The van der Waals surface area contributed by atoms with Crippen LogP contribution in [0.4, 0.5) is 0 Å². The molecule has 124 valence electrons. The van der Waals surface area contributed by atoms with Crippen LogP contribution in [0.25, 0.3) is 10.9 Å². The molecule has 1 unspecified atom stereocenters. The third kappa shape index (κ3) is 3.30. The summed E-state index contributed by atoms with van der Waals surface area (Å²) in [7, 11) is 0. The molecular formula is C19H26N2O2. The maximum atomic E-state index is 5.45. The molecule has 4 heteroatoms. The predicted octanol–water partition coefficient (Wildman–Crippen LogP) is 2.61. The highest BCUT2D eigenvalue weighted by Crippen LogP contribution is 2.28. The van der Waals surface area contributed by atoms with E-state index in [1.54, 1.807) is 0 Å². The van der Waals surface area contributed by atoms with Crippen molar-refractivity contribution in [2.24, 2.45) is 0 Å². The monoisotopic (exact) mass is 314 g/mol. The molecule has 2 aliphatic rings. The summed E-state index contributed by atoms with van der Waals surface area (Å²) in [5, 5.41) is 1.42. The lowest BCUT2D eigenvalue weighted by Crippen LogP contribution is -2.36. The number of ether oxygens (including phenoxy) is 2. The summed E-state index contributed by atoms with van der Waals surface area (Å²) in [6.07, 6.45) is 2.79. The van der Waals surface area contributed by atoms with Gasteiger partial charge in [-0.3, -0.25) is 4.90 Å². The van der Waals surface area contributed by atoms with Crippen molar-refractivity contribution in [1.82, 2.24) is 9.47 Å². The van der Waals surface area contributed by atoms with Crippen LogP contribution < -0.4 is 0 Å². The van der Waals surface area contributed by atoms with E-state index in [-0.39, 0.29) is 0 Å². The Morgan fingerprint density at radius 1 is 1.17 bits per heavy atom. The molecule has 1 aromatic heterocycles. The molecule has 0 spiro atoms. The van der Waals surface area contributed by atoms with Gasteiger partial charge in [-0.1, -0.05) is 18.2 Å². The summed E-state index contributed by atoms with van der Waals surface area (Å²) in [6, 6.07) is 8.82. The number of aryl methyl sites for hydroxylation is 1. The number of hydrogen-bond donors (Lipinski definition) is 0. The summed E-state index contributed by atoms with van der Waals surface area (Å²) in [4.78, 5) is 2.52. The van der Waals surface area contributed by atoms with Crippen molar-refractivity contribution in [2.75, 3.05) is 39.5 Å². The minimum Gasteiger partial charge on any atom is -0.379 e. The average Bonchev–Trinajstić information content (AvgIpc) is 3.37. The Kier molecular flexibility index (Phi) is 4.38. The first-order valence-corrected chi connectivity index (χ1v) is 8.81. The molecule has 0 saturated carbocycles. The van der Waals surface area contributed by atoms with Gasteiger partial charge in [0.15, 0.2) is 0 Å². The molecule has 2 saturated heterocycles. The third-order valence-corrected chi connectivity index (χ3v) is 5.15. The van der Waals surface area contributed by atoms with Gasteiger partial charge in [0.1, 0.15) is 0 Å². The fourth-order valence-corrected chi connectivity index (χ4v) is 3.73. The van der Waals surface area contributed by atoms with Crippen molar-refractivity contribution in [3.05, 3.63) is 35.5 Å². The highest BCUT2D eigenvalue weighted by atomic mass is 16.6. The Balaban J connectivity index is 1.50. The molecule has 0 amide bonds. The lowest BCUT2D eigenvalue weighted by molar-refractivity contribution is 0.0375. The van der Waals surface area contributed by atoms with Crippen molar-refractivity contribution in [2.45, 2.75) is 32.4 Å². The van der Waals surface area contributed by atoms with E-state index in [1.807, 2.05) is 0 Å². The number of hydrogen-bond acceptors (Lipinski definition) is 3. The molecule has 4 rings (SSSR count). The van der Waals surface area contributed by atoms with Gasteiger partial charge in [-0.05, 0) is 37.9 Å². The smallest absolute Gasteiger partial charge is 0.0988 e. The predicted molar refractivity (Wildman–Crippen MR) is 92.0 cm³/mol. The van der Waals surface area contributed by atoms with Crippen LogP contribution in [0.15, 0.2) is 24.3 Å². The molecule has 0 N–H and O–H groups in total.